The van der Waals surface area contributed by atoms with Crippen molar-refractivity contribution in [3.05, 3.63) is 35.9 Å². The number of esters is 2. The molecule has 1 aromatic rings. The molecule has 7 nitrogen and oxygen atoms in total. The lowest BCUT2D eigenvalue weighted by Gasteiger charge is -2.36. The van der Waals surface area contributed by atoms with Crippen molar-refractivity contribution in [2.75, 3.05) is 13.2 Å². The molecule has 1 aromatic carbocycles. The average Bonchev–Trinajstić information content (AvgIpc) is 2.84. The molecule has 0 saturated carbocycles. The van der Waals surface area contributed by atoms with Gasteiger partial charge in [0.2, 0.25) is 0 Å². The molecule has 13 heteroatoms. The number of alkyl halides is 6. The molecule has 0 aliphatic carbocycles. The number of hydrogen-bond donors (Lipinski definition) is 1. The fraction of sp³-hybridized carbons (Fsp3) is 0.714. The molecule has 2 unspecified atom stereocenters. The maximum absolute atomic E-state index is 13.0. The van der Waals surface area contributed by atoms with E-state index >= 15 is 0 Å². The summed E-state index contributed by atoms with van der Waals surface area (Å²) in [5.41, 5.74) is -6.87. The Bertz CT molecular complexity index is 978. The number of halogens is 6. The maximum Gasteiger partial charge on any atom is 0.426 e. The molecule has 0 heterocycles. The molecule has 0 bridgehead atoms. The zero-order valence-electron chi connectivity index (χ0n) is 24.4. The van der Waals surface area contributed by atoms with Crippen LogP contribution in [-0.2, 0) is 35.1 Å². The van der Waals surface area contributed by atoms with E-state index in [9.17, 15) is 41.0 Å². The Morgan fingerprint density at radius 2 is 1.39 bits per heavy atom. The molecule has 0 aromatic heterocycles. The van der Waals surface area contributed by atoms with Crippen LogP contribution in [0.1, 0.15) is 73.3 Å². The standard InChI is InChI=1S/C28H40F6O7/c1-8-25(7,22(36)41-19(2)16-26(37,27(29,30)31)28(32,33)34)18-23(3,4)21(35)38-14-15-39-24(5,6)40-17-20-12-10-9-11-13-20/h9-13,19,37H,8,14-18H2,1-7H3. The lowest BCUT2D eigenvalue weighted by atomic mass is 9.72. The number of carbonyl (C=O) groups excluding carboxylic acids is 2. The molecule has 41 heavy (non-hydrogen) atoms. The third-order valence-electron chi connectivity index (χ3n) is 6.68. The summed E-state index contributed by atoms with van der Waals surface area (Å²) in [6.45, 7) is 10.3. The van der Waals surface area contributed by atoms with E-state index in [1.54, 1.807) is 20.8 Å². The van der Waals surface area contributed by atoms with Crippen LogP contribution in [0.15, 0.2) is 30.3 Å². The van der Waals surface area contributed by atoms with Gasteiger partial charge in [0.1, 0.15) is 12.7 Å². The molecule has 0 aliphatic rings. The van der Waals surface area contributed by atoms with Crippen LogP contribution in [0.5, 0.6) is 0 Å². The topological polar surface area (TPSA) is 91.3 Å². The van der Waals surface area contributed by atoms with Crippen molar-refractivity contribution in [2.45, 2.75) is 104 Å². The van der Waals surface area contributed by atoms with Crippen LogP contribution in [0.3, 0.4) is 0 Å². The molecule has 2 atom stereocenters. The van der Waals surface area contributed by atoms with E-state index in [-0.39, 0.29) is 26.1 Å². The van der Waals surface area contributed by atoms with Crippen molar-refractivity contribution in [1.82, 2.24) is 0 Å². The highest BCUT2D eigenvalue weighted by atomic mass is 19.4. The lowest BCUT2D eigenvalue weighted by Crippen LogP contribution is -2.58. The van der Waals surface area contributed by atoms with Gasteiger partial charge < -0.3 is 24.1 Å². The van der Waals surface area contributed by atoms with Gasteiger partial charge in [-0.1, -0.05) is 37.3 Å². The molecule has 0 amide bonds. The highest BCUT2D eigenvalue weighted by Gasteiger charge is 2.70. The van der Waals surface area contributed by atoms with Crippen LogP contribution in [0.2, 0.25) is 0 Å². The molecule has 0 radical (unpaired) electrons. The van der Waals surface area contributed by atoms with Crippen molar-refractivity contribution in [3.8, 4) is 0 Å². The third-order valence-corrected chi connectivity index (χ3v) is 6.68. The molecule has 0 aliphatic heterocycles. The second kappa shape index (κ2) is 13.7. The Morgan fingerprint density at radius 3 is 1.88 bits per heavy atom. The number of rotatable bonds is 15. The summed E-state index contributed by atoms with van der Waals surface area (Å²) >= 11 is 0. The first-order valence-electron chi connectivity index (χ1n) is 13.1. The van der Waals surface area contributed by atoms with Gasteiger partial charge in [0.15, 0.2) is 5.79 Å². The zero-order chi connectivity index (χ0) is 31.9. The maximum atomic E-state index is 13.0. The smallest absolute Gasteiger partial charge is 0.426 e. The monoisotopic (exact) mass is 602 g/mol. The molecule has 1 rings (SSSR count). The second-order valence-corrected chi connectivity index (χ2v) is 11.4. The van der Waals surface area contributed by atoms with Crippen molar-refractivity contribution in [2.24, 2.45) is 10.8 Å². The summed E-state index contributed by atoms with van der Waals surface area (Å²) in [6.07, 6.45) is -16.1. The summed E-state index contributed by atoms with van der Waals surface area (Å²) in [6, 6.07) is 9.42. The van der Waals surface area contributed by atoms with Gasteiger partial charge in [-0.3, -0.25) is 9.59 Å². The van der Waals surface area contributed by atoms with Crippen LogP contribution in [0.4, 0.5) is 26.3 Å². The van der Waals surface area contributed by atoms with Gasteiger partial charge in [0.25, 0.3) is 5.60 Å². The third kappa shape index (κ3) is 10.4. The number of hydrogen-bond acceptors (Lipinski definition) is 7. The SMILES string of the molecule is CCC(C)(CC(C)(C)C(=O)OCCOC(C)(C)OCc1ccccc1)C(=O)OC(C)CC(O)(C(F)(F)F)C(F)(F)F. The first kappa shape index (κ1) is 36.6. The van der Waals surface area contributed by atoms with E-state index in [0.29, 0.717) is 6.61 Å². The van der Waals surface area contributed by atoms with Gasteiger partial charge in [-0.05, 0) is 59.9 Å². The summed E-state index contributed by atoms with van der Waals surface area (Å²) in [5.74, 6) is -2.79. The minimum absolute atomic E-state index is 0.00443. The van der Waals surface area contributed by atoms with Gasteiger partial charge in [-0.2, -0.15) is 26.3 Å². The Labute approximate surface area is 236 Å². The van der Waals surface area contributed by atoms with E-state index in [2.05, 4.69) is 0 Å². The fourth-order valence-electron chi connectivity index (χ4n) is 4.05. The first-order valence-corrected chi connectivity index (χ1v) is 13.1. The molecule has 236 valence electrons. The highest BCUT2D eigenvalue weighted by molar-refractivity contribution is 5.80. The minimum Gasteiger partial charge on any atom is -0.463 e. The van der Waals surface area contributed by atoms with Crippen molar-refractivity contribution < 1.29 is 60.0 Å². The Balaban J connectivity index is 2.72. The van der Waals surface area contributed by atoms with E-state index in [4.69, 9.17) is 18.9 Å². The van der Waals surface area contributed by atoms with E-state index in [1.807, 2.05) is 30.3 Å². The molecule has 0 spiro atoms. The minimum atomic E-state index is -6.04. The van der Waals surface area contributed by atoms with Crippen LogP contribution in [0.25, 0.3) is 0 Å². The Kier molecular flexibility index (Phi) is 12.3. The summed E-state index contributed by atoms with van der Waals surface area (Å²) < 4.78 is 99.8. The van der Waals surface area contributed by atoms with Crippen LogP contribution < -0.4 is 0 Å². The fourth-order valence-corrected chi connectivity index (χ4v) is 4.05. The van der Waals surface area contributed by atoms with Crippen LogP contribution in [0, 0.1) is 10.8 Å². The average molecular weight is 603 g/mol. The van der Waals surface area contributed by atoms with Crippen molar-refractivity contribution in [1.29, 1.82) is 0 Å². The van der Waals surface area contributed by atoms with E-state index in [1.165, 1.54) is 20.8 Å². The normalized spacial score (nSPS) is 15.7. The molecule has 0 fully saturated rings. The molecular weight excluding hydrogens is 562 g/mol. The number of ether oxygens (including phenoxy) is 4. The second-order valence-electron chi connectivity index (χ2n) is 11.4. The summed E-state index contributed by atoms with van der Waals surface area (Å²) in [5, 5.41) is 9.40. The van der Waals surface area contributed by atoms with Gasteiger partial charge in [-0.25, -0.2) is 0 Å². The summed E-state index contributed by atoms with van der Waals surface area (Å²) in [4.78, 5) is 25.7. The van der Waals surface area contributed by atoms with Crippen molar-refractivity contribution in [3.63, 3.8) is 0 Å². The number of benzene rings is 1. The van der Waals surface area contributed by atoms with Gasteiger partial charge in [0, 0.05) is 6.42 Å². The van der Waals surface area contributed by atoms with E-state index in [0.717, 1.165) is 12.5 Å². The first-order chi connectivity index (χ1) is 18.5. The highest BCUT2D eigenvalue weighted by Crippen LogP contribution is 2.46. The predicted molar refractivity (Wildman–Crippen MR) is 136 cm³/mol. The van der Waals surface area contributed by atoms with Gasteiger partial charge in [-0.15, -0.1) is 0 Å². The Morgan fingerprint density at radius 1 is 0.854 bits per heavy atom. The Hall–Kier alpha value is -2.38. The zero-order valence-corrected chi connectivity index (χ0v) is 24.4. The molecule has 1 N–H and O–H groups in total. The molecule has 0 saturated heterocycles. The van der Waals surface area contributed by atoms with Gasteiger partial charge >= 0.3 is 24.3 Å². The lowest BCUT2D eigenvalue weighted by molar-refractivity contribution is -0.373. The molecular formula is C28H40F6O7. The van der Waals surface area contributed by atoms with Crippen LogP contribution in [-0.4, -0.2) is 60.1 Å². The number of aliphatic hydroxyl groups is 1. The quantitative estimate of drug-likeness (QED) is 0.106. The predicted octanol–water partition coefficient (Wildman–Crippen LogP) is 6.51. The summed E-state index contributed by atoms with van der Waals surface area (Å²) in [7, 11) is 0. The van der Waals surface area contributed by atoms with Crippen LogP contribution >= 0.6 is 0 Å². The van der Waals surface area contributed by atoms with Gasteiger partial charge in [0.05, 0.1) is 24.0 Å². The number of carbonyl (C=O) groups is 2. The largest absolute Gasteiger partial charge is 0.463 e. The van der Waals surface area contributed by atoms with E-state index < -0.39 is 59.0 Å². The van der Waals surface area contributed by atoms with Crippen molar-refractivity contribution >= 4 is 11.9 Å².